The summed E-state index contributed by atoms with van der Waals surface area (Å²) >= 11 is 0. The van der Waals surface area contributed by atoms with Crippen LogP contribution in [0.5, 0.6) is 0 Å². The van der Waals surface area contributed by atoms with Crippen LogP contribution in [0.15, 0.2) is 0 Å². The highest BCUT2D eigenvalue weighted by Gasteiger charge is 2.18. The molecule has 0 fully saturated rings. The highest BCUT2D eigenvalue weighted by Crippen LogP contribution is 2.24. The molecule has 3 nitrogen and oxygen atoms in total. The Morgan fingerprint density at radius 2 is 0.525 bits per heavy atom. The lowest BCUT2D eigenvalue weighted by Crippen LogP contribution is -2.18. The molecule has 0 aliphatic heterocycles. The molecule has 3 heteroatoms. The zero-order valence-corrected chi connectivity index (χ0v) is 41.3. The first kappa shape index (κ1) is 58.1. The maximum absolute atomic E-state index is 13.3. The Labute approximate surface area is 372 Å². The van der Waals surface area contributed by atoms with E-state index in [-0.39, 0.29) is 12.1 Å². The fraction of sp³-hybridized carbons (Fsp3) is 0.964. The normalized spacial score (nSPS) is 12.6. The van der Waals surface area contributed by atoms with Crippen LogP contribution in [0, 0.1) is 5.92 Å². The molecule has 0 aliphatic carbocycles. The number of Topliss-reactive ketones (excluding diaryl/α,β-unsaturated/α-hetero) is 1. The quantitative estimate of drug-likeness (QED) is 0.0453. The molecule has 2 unspecified atom stereocenters. The third-order valence-electron chi connectivity index (χ3n) is 13.4. The topological polar surface area (TPSA) is 43.4 Å². The second-order valence-electron chi connectivity index (χ2n) is 19.4. The van der Waals surface area contributed by atoms with E-state index in [0.29, 0.717) is 18.1 Å². The van der Waals surface area contributed by atoms with Crippen molar-refractivity contribution in [1.29, 1.82) is 0 Å². The van der Waals surface area contributed by atoms with Gasteiger partial charge in [-0.1, -0.05) is 272 Å². The van der Waals surface area contributed by atoms with Crippen LogP contribution < -0.4 is 0 Å². The molecule has 0 spiro atoms. The minimum Gasteiger partial charge on any atom is -0.462 e. The van der Waals surface area contributed by atoms with E-state index < -0.39 is 0 Å². The number of hydrogen-bond donors (Lipinski definition) is 0. The van der Waals surface area contributed by atoms with Crippen LogP contribution in [-0.2, 0) is 14.3 Å². The van der Waals surface area contributed by atoms with E-state index in [9.17, 15) is 9.59 Å². The Kier molecular flexibility index (Phi) is 49.1. The SMILES string of the molecule is CCCCCCCCCCCCCCCCCC(=O)C(CCCCCC)CCCCCCCCCCC(=O)OC(CCCCCCCC)CCCCCCCCCCC. The highest BCUT2D eigenvalue weighted by molar-refractivity contribution is 5.80. The number of carbonyl (C=O) groups excluding carboxylic acids is 2. The number of unbranched alkanes of at least 4 members (excludes halogenated alkanes) is 37. The molecule has 59 heavy (non-hydrogen) atoms. The van der Waals surface area contributed by atoms with Gasteiger partial charge in [-0.25, -0.2) is 0 Å². The second kappa shape index (κ2) is 49.8. The van der Waals surface area contributed by atoms with Crippen LogP contribution in [0.4, 0.5) is 0 Å². The summed E-state index contributed by atoms with van der Waals surface area (Å²) in [5.41, 5.74) is 0. The summed E-state index contributed by atoms with van der Waals surface area (Å²) in [7, 11) is 0. The molecular formula is C56H110O3. The molecule has 0 N–H and O–H groups in total. The number of hydrogen-bond acceptors (Lipinski definition) is 3. The van der Waals surface area contributed by atoms with Gasteiger partial charge in [0.25, 0.3) is 0 Å². The number of esters is 1. The highest BCUT2D eigenvalue weighted by atomic mass is 16.5. The summed E-state index contributed by atoms with van der Waals surface area (Å²) in [6, 6.07) is 0. The molecule has 0 aromatic rings. The molecule has 0 aliphatic rings. The summed E-state index contributed by atoms with van der Waals surface area (Å²) < 4.78 is 6.10. The molecule has 352 valence electrons. The minimum absolute atomic E-state index is 0.0512. The Morgan fingerprint density at radius 3 is 0.847 bits per heavy atom. The largest absolute Gasteiger partial charge is 0.462 e. The Balaban J connectivity index is 4.14. The molecule has 2 atom stereocenters. The van der Waals surface area contributed by atoms with Gasteiger partial charge in [0, 0.05) is 18.8 Å². The first-order valence-electron chi connectivity index (χ1n) is 27.8. The van der Waals surface area contributed by atoms with Gasteiger partial charge >= 0.3 is 5.97 Å². The lowest BCUT2D eigenvalue weighted by Gasteiger charge is -2.18. The maximum Gasteiger partial charge on any atom is 0.306 e. The summed E-state index contributed by atoms with van der Waals surface area (Å²) in [6.07, 6.45) is 61.2. The van der Waals surface area contributed by atoms with Crippen molar-refractivity contribution in [2.24, 2.45) is 5.92 Å². The van der Waals surface area contributed by atoms with Gasteiger partial charge in [0.15, 0.2) is 0 Å². The van der Waals surface area contributed by atoms with E-state index in [4.69, 9.17) is 4.74 Å². The summed E-state index contributed by atoms with van der Waals surface area (Å²) in [5.74, 6) is 0.941. The van der Waals surface area contributed by atoms with Crippen molar-refractivity contribution in [3.63, 3.8) is 0 Å². The summed E-state index contributed by atoms with van der Waals surface area (Å²) in [4.78, 5) is 26.1. The Bertz CT molecular complexity index is 822. The van der Waals surface area contributed by atoms with Crippen molar-refractivity contribution in [3.05, 3.63) is 0 Å². The third kappa shape index (κ3) is 45.0. The summed E-state index contributed by atoms with van der Waals surface area (Å²) in [6.45, 7) is 9.14. The van der Waals surface area contributed by atoms with Crippen LogP contribution in [0.25, 0.3) is 0 Å². The van der Waals surface area contributed by atoms with Crippen LogP contribution in [0.2, 0.25) is 0 Å². The fourth-order valence-electron chi connectivity index (χ4n) is 9.22. The van der Waals surface area contributed by atoms with E-state index in [0.717, 1.165) is 51.4 Å². The molecule has 0 saturated carbocycles. The number of ketones is 1. The lowest BCUT2D eigenvalue weighted by atomic mass is 9.88. The minimum atomic E-state index is 0.0512. The van der Waals surface area contributed by atoms with Gasteiger partial charge in [-0.15, -0.1) is 0 Å². The van der Waals surface area contributed by atoms with Gasteiger partial charge in [0.2, 0.25) is 0 Å². The van der Waals surface area contributed by atoms with Crippen molar-refractivity contribution in [3.8, 4) is 0 Å². The van der Waals surface area contributed by atoms with E-state index in [1.165, 1.54) is 250 Å². The van der Waals surface area contributed by atoms with E-state index in [2.05, 4.69) is 27.7 Å². The van der Waals surface area contributed by atoms with Gasteiger partial charge in [0.1, 0.15) is 11.9 Å². The second-order valence-corrected chi connectivity index (χ2v) is 19.4. The van der Waals surface area contributed by atoms with E-state index in [1.807, 2.05) is 0 Å². The van der Waals surface area contributed by atoms with E-state index in [1.54, 1.807) is 0 Å². The first-order valence-corrected chi connectivity index (χ1v) is 27.8. The van der Waals surface area contributed by atoms with Crippen LogP contribution in [-0.4, -0.2) is 17.9 Å². The molecule has 0 aromatic heterocycles. The lowest BCUT2D eigenvalue weighted by molar-refractivity contribution is -0.150. The van der Waals surface area contributed by atoms with Crippen molar-refractivity contribution >= 4 is 11.8 Å². The van der Waals surface area contributed by atoms with Crippen molar-refractivity contribution < 1.29 is 14.3 Å². The average molecular weight is 831 g/mol. The van der Waals surface area contributed by atoms with Gasteiger partial charge in [-0.3, -0.25) is 9.59 Å². The van der Waals surface area contributed by atoms with Crippen molar-refractivity contribution in [1.82, 2.24) is 0 Å². The Hall–Kier alpha value is -0.860. The molecule has 0 radical (unpaired) electrons. The van der Waals surface area contributed by atoms with Crippen LogP contribution in [0.1, 0.15) is 336 Å². The monoisotopic (exact) mass is 831 g/mol. The standard InChI is InChI=1S/C56H110O3/c1-5-9-13-17-20-22-23-24-25-26-27-29-34-39-45-51-55(57)53(47-41-16-12-8-4)48-42-36-32-30-31-35-40-46-52-56(58)59-54(49-43-37-19-15-11-7-3)50-44-38-33-28-21-18-14-10-6-2/h53-54H,5-52H2,1-4H3. The van der Waals surface area contributed by atoms with Crippen LogP contribution >= 0.6 is 0 Å². The van der Waals surface area contributed by atoms with Crippen LogP contribution in [0.3, 0.4) is 0 Å². The molecule has 0 rings (SSSR count). The van der Waals surface area contributed by atoms with Gasteiger partial charge < -0.3 is 4.74 Å². The van der Waals surface area contributed by atoms with Crippen molar-refractivity contribution in [2.45, 2.75) is 342 Å². The predicted molar refractivity (Wildman–Crippen MR) is 263 cm³/mol. The molecule has 0 saturated heterocycles. The maximum atomic E-state index is 13.3. The van der Waals surface area contributed by atoms with Crippen molar-refractivity contribution in [2.75, 3.05) is 0 Å². The molecular weight excluding hydrogens is 721 g/mol. The zero-order valence-electron chi connectivity index (χ0n) is 41.3. The molecule has 0 bridgehead atoms. The van der Waals surface area contributed by atoms with Gasteiger partial charge in [-0.05, 0) is 51.4 Å². The number of rotatable bonds is 51. The number of carbonyl (C=O) groups is 2. The fourth-order valence-corrected chi connectivity index (χ4v) is 9.22. The predicted octanol–water partition coefficient (Wildman–Crippen LogP) is 19.9. The molecule has 0 aromatic carbocycles. The van der Waals surface area contributed by atoms with E-state index >= 15 is 0 Å². The number of ether oxygens (including phenoxy) is 1. The molecule has 0 amide bonds. The zero-order chi connectivity index (χ0) is 43.0. The third-order valence-corrected chi connectivity index (χ3v) is 13.4. The summed E-state index contributed by atoms with van der Waals surface area (Å²) in [5, 5.41) is 0. The average Bonchev–Trinajstić information content (AvgIpc) is 3.23. The first-order chi connectivity index (χ1) is 29.1. The smallest absolute Gasteiger partial charge is 0.306 e. The van der Waals surface area contributed by atoms with Gasteiger partial charge in [0.05, 0.1) is 0 Å². The Morgan fingerprint density at radius 1 is 0.288 bits per heavy atom. The molecule has 0 heterocycles. The van der Waals surface area contributed by atoms with Gasteiger partial charge in [-0.2, -0.15) is 0 Å².